The summed E-state index contributed by atoms with van der Waals surface area (Å²) < 4.78 is 6.66. The summed E-state index contributed by atoms with van der Waals surface area (Å²) in [6, 6.07) is 5.11. The second kappa shape index (κ2) is 5.92. The first-order chi connectivity index (χ1) is 9.58. The van der Waals surface area contributed by atoms with Gasteiger partial charge >= 0.3 is 5.97 Å². The van der Waals surface area contributed by atoms with E-state index in [4.69, 9.17) is 21.4 Å². The van der Waals surface area contributed by atoms with Gasteiger partial charge in [0.2, 0.25) is 0 Å². The van der Waals surface area contributed by atoms with Crippen molar-refractivity contribution >= 4 is 17.6 Å². The van der Waals surface area contributed by atoms with Crippen molar-refractivity contribution < 1.29 is 14.6 Å². The molecule has 1 aromatic heterocycles. The van der Waals surface area contributed by atoms with Gasteiger partial charge in [0.1, 0.15) is 5.75 Å². The minimum atomic E-state index is -1.08. The van der Waals surface area contributed by atoms with E-state index in [9.17, 15) is 4.79 Å². The summed E-state index contributed by atoms with van der Waals surface area (Å²) in [5, 5.41) is 17.3. The predicted molar refractivity (Wildman–Crippen MR) is 73.9 cm³/mol. The molecule has 0 amide bonds. The van der Waals surface area contributed by atoms with Crippen molar-refractivity contribution in [2.24, 2.45) is 0 Å². The summed E-state index contributed by atoms with van der Waals surface area (Å²) in [4.78, 5) is 11.2. The van der Waals surface area contributed by atoms with Gasteiger partial charge in [-0.25, -0.2) is 9.48 Å². The average Bonchev–Trinajstić information content (AvgIpc) is 2.84. The van der Waals surface area contributed by atoms with Gasteiger partial charge in [-0.05, 0) is 18.6 Å². The maximum absolute atomic E-state index is 11.2. The molecule has 20 heavy (non-hydrogen) atoms. The second-order valence-corrected chi connectivity index (χ2v) is 4.58. The van der Waals surface area contributed by atoms with Crippen LogP contribution in [0.15, 0.2) is 18.2 Å². The van der Waals surface area contributed by atoms with E-state index in [-0.39, 0.29) is 5.69 Å². The number of benzene rings is 1. The van der Waals surface area contributed by atoms with Crippen molar-refractivity contribution in [1.29, 1.82) is 0 Å². The van der Waals surface area contributed by atoms with E-state index < -0.39 is 5.97 Å². The Bertz CT molecular complexity index is 640. The van der Waals surface area contributed by atoms with Crippen LogP contribution in [0.1, 0.15) is 29.5 Å². The Morgan fingerprint density at radius 3 is 2.85 bits per heavy atom. The molecule has 0 unspecified atom stereocenters. The van der Waals surface area contributed by atoms with Gasteiger partial charge in [-0.15, -0.1) is 5.10 Å². The number of carboxylic acids is 1. The van der Waals surface area contributed by atoms with Crippen molar-refractivity contribution in [3.63, 3.8) is 0 Å². The highest BCUT2D eigenvalue weighted by atomic mass is 35.5. The maximum atomic E-state index is 11.2. The molecule has 0 bridgehead atoms. The van der Waals surface area contributed by atoms with E-state index >= 15 is 0 Å². The largest absolute Gasteiger partial charge is 0.495 e. The van der Waals surface area contributed by atoms with Gasteiger partial charge in [-0.3, -0.25) is 0 Å². The Morgan fingerprint density at radius 2 is 2.25 bits per heavy atom. The van der Waals surface area contributed by atoms with Gasteiger partial charge in [-0.1, -0.05) is 30.2 Å². The van der Waals surface area contributed by atoms with Crippen molar-refractivity contribution in [2.75, 3.05) is 7.11 Å². The first-order valence-electron chi connectivity index (χ1n) is 6.10. The van der Waals surface area contributed by atoms with Crippen LogP contribution < -0.4 is 4.74 Å². The maximum Gasteiger partial charge on any atom is 0.358 e. The number of methoxy groups -OCH3 is 1. The molecule has 0 radical (unpaired) electrons. The van der Waals surface area contributed by atoms with Crippen LogP contribution >= 0.6 is 11.6 Å². The number of aromatic carboxylic acids is 1. The van der Waals surface area contributed by atoms with E-state index in [2.05, 4.69) is 10.3 Å². The number of carbonyl (C=O) groups is 1. The zero-order valence-corrected chi connectivity index (χ0v) is 11.9. The fraction of sp³-hybridized carbons (Fsp3) is 0.308. The molecule has 0 aliphatic heterocycles. The number of hydrogen-bond donors (Lipinski definition) is 1. The number of ether oxygens (including phenoxy) is 1. The molecule has 0 atom stereocenters. The lowest BCUT2D eigenvalue weighted by molar-refractivity contribution is 0.0689. The molecule has 0 saturated carbocycles. The lowest BCUT2D eigenvalue weighted by atomic mass is 10.2. The molecule has 0 spiro atoms. The van der Waals surface area contributed by atoms with E-state index in [0.29, 0.717) is 28.6 Å². The first-order valence-corrected chi connectivity index (χ1v) is 6.48. The normalized spacial score (nSPS) is 10.6. The monoisotopic (exact) mass is 295 g/mol. The fourth-order valence-electron chi connectivity index (χ4n) is 1.92. The quantitative estimate of drug-likeness (QED) is 0.917. The molecular formula is C13H14ClN3O3. The Labute approximate surface area is 120 Å². The van der Waals surface area contributed by atoms with Crippen LogP contribution in [0.4, 0.5) is 0 Å². The highest BCUT2D eigenvalue weighted by molar-refractivity contribution is 6.32. The van der Waals surface area contributed by atoms with E-state index in [0.717, 1.165) is 6.42 Å². The van der Waals surface area contributed by atoms with E-state index in [1.165, 1.54) is 11.8 Å². The molecule has 6 nitrogen and oxygen atoms in total. The van der Waals surface area contributed by atoms with Gasteiger partial charge in [0.05, 0.1) is 23.5 Å². The molecule has 1 N–H and O–H groups in total. The molecule has 0 aliphatic rings. The highest BCUT2D eigenvalue weighted by Gasteiger charge is 2.19. The average molecular weight is 296 g/mol. The summed E-state index contributed by atoms with van der Waals surface area (Å²) in [5.74, 6) is -0.584. The molecule has 0 aliphatic carbocycles. The van der Waals surface area contributed by atoms with Crippen LogP contribution in [0.2, 0.25) is 5.02 Å². The van der Waals surface area contributed by atoms with Gasteiger partial charge in [-0.2, -0.15) is 0 Å². The Kier molecular flexibility index (Phi) is 4.24. The first kappa shape index (κ1) is 14.3. The number of hydrogen-bond acceptors (Lipinski definition) is 4. The molecule has 1 aromatic carbocycles. The minimum Gasteiger partial charge on any atom is -0.495 e. The third-order valence-corrected chi connectivity index (χ3v) is 3.14. The predicted octanol–water partition coefficient (Wildman–Crippen LogP) is 2.58. The Hall–Kier alpha value is -2.08. The lowest BCUT2D eigenvalue weighted by Crippen LogP contribution is -2.07. The van der Waals surface area contributed by atoms with Crippen molar-refractivity contribution in [1.82, 2.24) is 15.0 Å². The zero-order chi connectivity index (χ0) is 14.7. The van der Waals surface area contributed by atoms with Crippen LogP contribution in [0.5, 0.6) is 5.75 Å². The molecule has 0 saturated heterocycles. The Balaban J connectivity index is 2.54. The topological polar surface area (TPSA) is 77.2 Å². The van der Waals surface area contributed by atoms with Crippen molar-refractivity contribution in [3.8, 4) is 11.4 Å². The van der Waals surface area contributed by atoms with Gasteiger partial charge in [0.15, 0.2) is 5.69 Å². The van der Waals surface area contributed by atoms with Crippen LogP contribution in [0, 0.1) is 0 Å². The zero-order valence-electron chi connectivity index (χ0n) is 11.1. The van der Waals surface area contributed by atoms with Crippen molar-refractivity contribution in [2.45, 2.75) is 19.8 Å². The molecule has 106 valence electrons. The van der Waals surface area contributed by atoms with Crippen LogP contribution in [0.3, 0.4) is 0 Å². The second-order valence-electron chi connectivity index (χ2n) is 4.17. The molecule has 1 heterocycles. The summed E-state index contributed by atoms with van der Waals surface area (Å²) in [5.41, 5.74) is 1.19. The third kappa shape index (κ3) is 2.60. The number of carboxylic acid groups (broad SMARTS) is 1. The summed E-state index contributed by atoms with van der Waals surface area (Å²) in [6.07, 6.45) is 1.36. The fourth-order valence-corrected chi connectivity index (χ4v) is 2.11. The van der Waals surface area contributed by atoms with Crippen LogP contribution in [-0.2, 0) is 6.42 Å². The number of halogens is 1. The van der Waals surface area contributed by atoms with Crippen LogP contribution in [0.25, 0.3) is 5.69 Å². The highest BCUT2D eigenvalue weighted by Crippen LogP contribution is 2.27. The van der Waals surface area contributed by atoms with Gasteiger partial charge in [0, 0.05) is 6.07 Å². The molecule has 7 heteroatoms. The van der Waals surface area contributed by atoms with Crippen LogP contribution in [-0.4, -0.2) is 33.2 Å². The number of aromatic nitrogens is 3. The number of nitrogens with zero attached hydrogens (tertiary/aromatic N) is 3. The lowest BCUT2D eigenvalue weighted by Gasteiger charge is -2.09. The van der Waals surface area contributed by atoms with Gasteiger partial charge < -0.3 is 9.84 Å². The summed E-state index contributed by atoms with van der Waals surface area (Å²) >= 11 is 5.98. The molecule has 0 fully saturated rings. The number of rotatable bonds is 5. The Morgan fingerprint density at radius 1 is 1.50 bits per heavy atom. The molecular weight excluding hydrogens is 282 g/mol. The molecule has 2 rings (SSSR count). The van der Waals surface area contributed by atoms with Gasteiger partial charge in [0.25, 0.3) is 0 Å². The summed E-state index contributed by atoms with van der Waals surface area (Å²) in [6.45, 7) is 1.96. The minimum absolute atomic E-state index is 0.0271. The smallest absolute Gasteiger partial charge is 0.358 e. The van der Waals surface area contributed by atoms with E-state index in [1.807, 2.05) is 6.92 Å². The third-order valence-electron chi connectivity index (χ3n) is 2.83. The molecule has 2 aromatic rings. The standard InChI is InChI=1S/C13H14ClN3O3/c1-3-4-10-12(13(18)19)15-16-17(10)8-5-6-9(14)11(7-8)20-2/h5-7H,3-4H2,1-2H3,(H,18,19). The summed E-state index contributed by atoms with van der Waals surface area (Å²) in [7, 11) is 1.52. The van der Waals surface area contributed by atoms with Crippen molar-refractivity contribution in [3.05, 3.63) is 34.6 Å². The van der Waals surface area contributed by atoms with E-state index in [1.54, 1.807) is 18.2 Å². The SMILES string of the molecule is CCCc1c(C(=O)O)nnn1-c1ccc(Cl)c(OC)c1.